The maximum absolute atomic E-state index is 11.5. The van der Waals surface area contributed by atoms with Crippen LogP contribution >= 0.6 is 0 Å². The zero-order valence-corrected chi connectivity index (χ0v) is 13.2. The van der Waals surface area contributed by atoms with Crippen molar-refractivity contribution in [2.75, 3.05) is 26.9 Å². The summed E-state index contributed by atoms with van der Waals surface area (Å²) in [4.78, 5) is 11.5. The largest absolute Gasteiger partial charge is 0.496 e. The van der Waals surface area contributed by atoms with E-state index in [0.717, 1.165) is 17.7 Å². The number of hydrogen-bond acceptors (Lipinski definition) is 5. The van der Waals surface area contributed by atoms with Crippen LogP contribution in [-0.4, -0.2) is 39.0 Å². The van der Waals surface area contributed by atoms with Gasteiger partial charge in [-0.2, -0.15) is 0 Å². The second-order valence-electron chi connectivity index (χ2n) is 4.98. The van der Waals surface area contributed by atoms with Gasteiger partial charge in [0.15, 0.2) is 0 Å². The molecule has 1 aliphatic heterocycles. The van der Waals surface area contributed by atoms with Gasteiger partial charge in [-0.15, -0.1) is 0 Å². The number of carbonyl (C=O) groups is 1. The summed E-state index contributed by atoms with van der Waals surface area (Å²) < 4.78 is 21.3. The highest BCUT2D eigenvalue weighted by atomic mass is 16.6. The lowest BCUT2D eigenvalue weighted by molar-refractivity contribution is -0.137. The van der Waals surface area contributed by atoms with Crippen molar-refractivity contribution >= 4 is 12.0 Å². The van der Waals surface area contributed by atoms with E-state index in [0.29, 0.717) is 19.0 Å². The van der Waals surface area contributed by atoms with Gasteiger partial charge in [-0.25, -0.2) is 4.79 Å². The molecule has 0 radical (unpaired) electrons. The van der Waals surface area contributed by atoms with Crippen molar-refractivity contribution in [3.05, 3.63) is 35.4 Å². The standard InChI is InChI=1S/C17H22O5/c1-4-20-17(18)9-8-15-14(6-5-7-16(15)19-3)12(2)21-10-13-11-22-13/h5-9,12-13H,4,10-11H2,1-3H3/t12-,13+/m1/s1. The van der Waals surface area contributed by atoms with E-state index in [1.54, 1.807) is 20.1 Å². The first-order chi connectivity index (χ1) is 10.7. The molecule has 0 aliphatic carbocycles. The Morgan fingerprint density at radius 2 is 2.27 bits per heavy atom. The normalized spacial score (nSPS) is 18.2. The minimum Gasteiger partial charge on any atom is -0.496 e. The molecule has 1 aliphatic rings. The van der Waals surface area contributed by atoms with Crippen LogP contribution in [0.5, 0.6) is 5.75 Å². The minimum atomic E-state index is -0.376. The Labute approximate surface area is 130 Å². The third-order valence-electron chi connectivity index (χ3n) is 3.36. The molecular formula is C17H22O5. The Morgan fingerprint density at radius 3 is 2.91 bits per heavy atom. The maximum Gasteiger partial charge on any atom is 0.330 e. The number of hydrogen-bond donors (Lipinski definition) is 0. The quantitative estimate of drug-likeness (QED) is 0.420. The lowest BCUT2D eigenvalue weighted by atomic mass is 10.0. The molecule has 1 heterocycles. The first kappa shape index (κ1) is 16.5. The second kappa shape index (κ2) is 7.96. The van der Waals surface area contributed by atoms with E-state index in [-0.39, 0.29) is 18.2 Å². The van der Waals surface area contributed by atoms with Gasteiger partial charge in [-0.3, -0.25) is 0 Å². The summed E-state index contributed by atoms with van der Waals surface area (Å²) in [6.07, 6.45) is 3.20. The van der Waals surface area contributed by atoms with Crippen molar-refractivity contribution in [1.82, 2.24) is 0 Å². The predicted molar refractivity (Wildman–Crippen MR) is 82.8 cm³/mol. The fourth-order valence-electron chi connectivity index (χ4n) is 2.12. The van der Waals surface area contributed by atoms with Crippen molar-refractivity contribution in [2.45, 2.75) is 26.1 Å². The number of rotatable bonds is 8. The summed E-state index contributed by atoms with van der Waals surface area (Å²) >= 11 is 0. The summed E-state index contributed by atoms with van der Waals surface area (Å²) in [5.74, 6) is 0.315. The van der Waals surface area contributed by atoms with Crippen molar-refractivity contribution in [1.29, 1.82) is 0 Å². The molecule has 2 rings (SSSR count). The van der Waals surface area contributed by atoms with Crippen LogP contribution in [0, 0.1) is 0 Å². The molecule has 0 bridgehead atoms. The zero-order chi connectivity index (χ0) is 15.9. The molecule has 0 unspecified atom stereocenters. The van der Waals surface area contributed by atoms with Crippen LogP contribution in [0.4, 0.5) is 0 Å². The number of carbonyl (C=O) groups excluding carboxylic acids is 1. The Bertz CT molecular complexity index is 534. The second-order valence-corrected chi connectivity index (χ2v) is 4.98. The smallest absolute Gasteiger partial charge is 0.330 e. The third-order valence-corrected chi connectivity index (χ3v) is 3.36. The van der Waals surface area contributed by atoms with Crippen LogP contribution in [0.15, 0.2) is 24.3 Å². The molecule has 120 valence electrons. The van der Waals surface area contributed by atoms with Gasteiger partial charge < -0.3 is 18.9 Å². The highest BCUT2D eigenvalue weighted by Crippen LogP contribution is 2.30. The lowest BCUT2D eigenvalue weighted by Gasteiger charge is -2.17. The Kier molecular flexibility index (Phi) is 5.98. The van der Waals surface area contributed by atoms with Gasteiger partial charge >= 0.3 is 5.97 Å². The number of epoxide rings is 1. The Hall–Kier alpha value is -1.85. The molecule has 22 heavy (non-hydrogen) atoms. The van der Waals surface area contributed by atoms with Gasteiger partial charge in [0, 0.05) is 11.6 Å². The summed E-state index contributed by atoms with van der Waals surface area (Å²) in [5, 5.41) is 0. The Balaban J connectivity index is 2.17. The van der Waals surface area contributed by atoms with Gasteiger partial charge in [0.25, 0.3) is 0 Å². The molecular weight excluding hydrogens is 284 g/mol. The zero-order valence-electron chi connectivity index (χ0n) is 13.2. The number of methoxy groups -OCH3 is 1. The summed E-state index contributed by atoms with van der Waals surface area (Å²) in [6, 6.07) is 5.72. The van der Waals surface area contributed by atoms with E-state index < -0.39 is 0 Å². The first-order valence-corrected chi connectivity index (χ1v) is 7.40. The highest BCUT2D eigenvalue weighted by Gasteiger charge is 2.24. The first-order valence-electron chi connectivity index (χ1n) is 7.40. The van der Waals surface area contributed by atoms with Crippen molar-refractivity contribution < 1.29 is 23.7 Å². The van der Waals surface area contributed by atoms with Crippen LogP contribution in [0.1, 0.15) is 31.1 Å². The predicted octanol–water partition coefficient (Wildman–Crippen LogP) is 2.75. The monoisotopic (exact) mass is 306 g/mol. The number of esters is 1. The summed E-state index contributed by atoms with van der Waals surface area (Å²) in [6.45, 7) is 5.43. The summed E-state index contributed by atoms with van der Waals surface area (Å²) in [5.41, 5.74) is 1.78. The molecule has 0 aromatic heterocycles. The fourth-order valence-corrected chi connectivity index (χ4v) is 2.12. The average molecular weight is 306 g/mol. The topological polar surface area (TPSA) is 57.3 Å². The van der Waals surface area contributed by atoms with E-state index in [1.807, 2.05) is 25.1 Å². The number of benzene rings is 1. The van der Waals surface area contributed by atoms with Crippen molar-refractivity contribution in [3.63, 3.8) is 0 Å². The lowest BCUT2D eigenvalue weighted by Crippen LogP contribution is -2.08. The van der Waals surface area contributed by atoms with Gasteiger partial charge in [0.05, 0.1) is 33.0 Å². The minimum absolute atomic E-state index is 0.124. The number of ether oxygens (including phenoxy) is 4. The molecule has 1 aromatic rings. The van der Waals surface area contributed by atoms with E-state index in [4.69, 9.17) is 18.9 Å². The van der Waals surface area contributed by atoms with Crippen LogP contribution in [0.2, 0.25) is 0 Å². The van der Waals surface area contributed by atoms with Gasteiger partial charge in [-0.1, -0.05) is 12.1 Å². The SMILES string of the molecule is CCOC(=O)C=Cc1c(OC)cccc1[C@@H](C)OC[C@H]1CO1. The van der Waals surface area contributed by atoms with E-state index in [2.05, 4.69) is 0 Å². The highest BCUT2D eigenvalue weighted by molar-refractivity contribution is 5.88. The molecule has 0 amide bonds. The molecule has 0 N–H and O–H groups in total. The van der Waals surface area contributed by atoms with Gasteiger partial charge in [0.1, 0.15) is 11.9 Å². The molecule has 5 nitrogen and oxygen atoms in total. The maximum atomic E-state index is 11.5. The van der Waals surface area contributed by atoms with Crippen LogP contribution < -0.4 is 4.74 Å². The van der Waals surface area contributed by atoms with Crippen LogP contribution in [0.25, 0.3) is 6.08 Å². The molecule has 0 saturated carbocycles. The van der Waals surface area contributed by atoms with Crippen molar-refractivity contribution in [3.8, 4) is 5.75 Å². The summed E-state index contributed by atoms with van der Waals surface area (Å²) in [7, 11) is 1.60. The Morgan fingerprint density at radius 1 is 1.50 bits per heavy atom. The van der Waals surface area contributed by atoms with Crippen LogP contribution in [-0.2, 0) is 19.0 Å². The van der Waals surface area contributed by atoms with Crippen molar-refractivity contribution in [2.24, 2.45) is 0 Å². The molecule has 2 atom stereocenters. The molecule has 1 saturated heterocycles. The third kappa shape index (κ3) is 4.58. The van der Waals surface area contributed by atoms with Crippen LogP contribution in [0.3, 0.4) is 0 Å². The average Bonchev–Trinajstić information content (AvgIpc) is 3.34. The van der Waals surface area contributed by atoms with E-state index in [9.17, 15) is 4.79 Å². The molecule has 5 heteroatoms. The molecule has 1 aromatic carbocycles. The van der Waals surface area contributed by atoms with E-state index in [1.165, 1.54) is 6.08 Å². The molecule has 0 spiro atoms. The fraction of sp³-hybridized carbons (Fsp3) is 0.471. The van der Waals surface area contributed by atoms with Gasteiger partial charge in [0.2, 0.25) is 0 Å². The van der Waals surface area contributed by atoms with Gasteiger partial charge in [-0.05, 0) is 31.6 Å². The van der Waals surface area contributed by atoms with E-state index >= 15 is 0 Å². The molecule has 1 fully saturated rings.